The Hall–Kier alpha value is -1.84. The summed E-state index contributed by atoms with van der Waals surface area (Å²) in [4.78, 5) is 18.4. The Morgan fingerprint density at radius 1 is 1.39 bits per heavy atom. The van der Waals surface area contributed by atoms with Gasteiger partial charge in [-0.25, -0.2) is 4.39 Å². The van der Waals surface area contributed by atoms with Gasteiger partial charge in [-0.15, -0.1) is 24.0 Å². The quantitative estimate of drug-likeness (QED) is 0.297. The van der Waals surface area contributed by atoms with Gasteiger partial charge in [-0.1, -0.05) is 0 Å². The van der Waals surface area contributed by atoms with Crippen LogP contribution in [0.25, 0.3) is 11.0 Å². The van der Waals surface area contributed by atoms with Crippen LogP contribution in [0.4, 0.5) is 4.39 Å². The largest absolute Gasteiger partial charge is 0.466 e. The number of esters is 1. The molecule has 8 heteroatoms. The van der Waals surface area contributed by atoms with Crippen molar-refractivity contribution in [1.82, 2.24) is 10.2 Å². The van der Waals surface area contributed by atoms with Crippen LogP contribution in [0.3, 0.4) is 0 Å². The Bertz CT molecular complexity index is 845. The average Bonchev–Trinajstić information content (AvgIpc) is 2.98. The fraction of sp³-hybridized carbons (Fsp3) is 0.500. The third-order valence-corrected chi connectivity index (χ3v) is 5.03. The molecule has 1 aromatic heterocycles. The zero-order chi connectivity index (χ0) is 19.4. The van der Waals surface area contributed by atoms with Gasteiger partial charge < -0.3 is 19.4 Å². The van der Waals surface area contributed by atoms with Crippen LogP contribution in [-0.4, -0.2) is 43.6 Å². The molecule has 0 saturated carbocycles. The second-order valence-electron chi connectivity index (χ2n) is 6.70. The zero-order valence-electron chi connectivity index (χ0n) is 16.5. The van der Waals surface area contributed by atoms with E-state index in [9.17, 15) is 9.18 Å². The minimum Gasteiger partial charge on any atom is -0.466 e. The van der Waals surface area contributed by atoms with Gasteiger partial charge in [0.05, 0.1) is 19.1 Å². The van der Waals surface area contributed by atoms with Crippen molar-refractivity contribution in [3.63, 3.8) is 0 Å². The molecule has 154 valence electrons. The fourth-order valence-electron chi connectivity index (χ4n) is 3.49. The number of piperidine rings is 1. The number of fused-ring (bicyclic) bond motifs is 1. The van der Waals surface area contributed by atoms with Crippen molar-refractivity contribution in [1.29, 1.82) is 0 Å². The molecule has 0 spiro atoms. The predicted octanol–water partition coefficient (Wildman–Crippen LogP) is 3.85. The molecule has 1 aromatic carbocycles. The van der Waals surface area contributed by atoms with Crippen LogP contribution >= 0.6 is 24.0 Å². The molecule has 1 saturated heterocycles. The summed E-state index contributed by atoms with van der Waals surface area (Å²) in [5.41, 5.74) is 1.60. The van der Waals surface area contributed by atoms with Crippen LogP contribution in [0.2, 0.25) is 0 Å². The number of furan rings is 1. The Labute approximate surface area is 181 Å². The minimum atomic E-state index is -0.272. The number of carbonyl (C=O) groups is 1. The van der Waals surface area contributed by atoms with E-state index < -0.39 is 0 Å². The summed E-state index contributed by atoms with van der Waals surface area (Å²) >= 11 is 0. The molecule has 1 aliphatic rings. The monoisotopic (exact) mass is 503 g/mol. The van der Waals surface area contributed by atoms with Crippen molar-refractivity contribution in [2.45, 2.75) is 33.2 Å². The topological polar surface area (TPSA) is 67.1 Å². The minimum absolute atomic E-state index is 0. The summed E-state index contributed by atoms with van der Waals surface area (Å²) in [7, 11) is 1.74. The van der Waals surface area contributed by atoms with Crippen LogP contribution in [-0.2, 0) is 16.1 Å². The number of nitrogens with zero attached hydrogens (tertiary/aromatic N) is 2. The highest BCUT2D eigenvalue weighted by atomic mass is 127. The van der Waals surface area contributed by atoms with Crippen molar-refractivity contribution >= 4 is 46.9 Å². The Kier molecular flexibility index (Phi) is 8.09. The van der Waals surface area contributed by atoms with Gasteiger partial charge in [-0.3, -0.25) is 9.79 Å². The summed E-state index contributed by atoms with van der Waals surface area (Å²) in [5.74, 6) is 1.12. The number of hydrogen-bond acceptors (Lipinski definition) is 4. The SMILES string of the molecule is CCOC(=O)C1CCN(C(=NC)NCc2oc3ccc(F)cc3c2C)CC1.I. The lowest BCUT2D eigenvalue weighted by Gasteiger charge is -2.33. The zero-order valence-corrected chi connectivity index (χ0v) is 18.8. The molecule has 1 aliphatic heterocycles. The molecular weight excluding hydrogens is 476 g/mol. The van der Waals surface area contributed by atoms with Crippen molar-refractivity contribution in [2.75, 3.05) is 26.7 Å². The summed E-state index contributed by atoms with van der Waals surface area (Å²) < 4.78 is 24.4. The molecule has 1 N–H and O–H groups in total. The number of aliphatic imine (C=N–C) groups is 1. The second-order valence-corrected chi connectivity index (χ2v) is 6.70. The number of ether oxygens (including phenoxy) is 1. The van der Waals surface area contributed by atoms with E-state index in [1.807, 2.05) is 13.8 Å². The van der Waals surface area contributed by atoms with E-state index in [-0.39, 0.29) is 41.7 Å². The van der Waals surface area contributed by atoms with Crippen LogP contribution in [0.15, 0.2) is 27.6 Å². The van der Waals surface area contributed by atoms with E-state index in [0.29, 0.717) is 18.7 Å². The maximum absolute atomic E-state index is 13.5. The lowest BCUT2D eigenvalue weighted by molar-refractivity contribution is -0.149. The lowest BCUT2D eigenvalue weighted by Crippen LogP contribution is -2.46. The molecule has 0 atom stereocenters. The Morgan fingerprint density at radius 2 is 2.11 bits per heavy atom. The van der Waals surface area contributed by atoms with Gasteiger partial charge in [0.25, 0.3) is 0 Å². The van der Waals surface area contributed by atoms with E-state index in [4.69, 9.17) is 9.15 Å². The number of guanidine groups is 1. The second kappa shape index (κ2) is 10.1. The van der Waals surface area contributed by atoms with Gasteiger partial charge in [0.1, 0.15) is 17.2 Å². The van der Waals surface area contributed by atoms with Gasteiger partial charge in [-0.2, -0.15) is 0 Å². The van der Waals surface area contributed by atoms with Crippen LogP contribution in [0, 0.1) is 18.7 Å². The van der Waals surface area contributed by atoms with E-state index in [0.717, 1.165) is 48.6 Å². The molecule has 0 aliphatic carbocycles. The number of likely N-dealkylation sites (tertiary alicyclic amines) is 1. The number of halogens is 2. The maximum Gasteiger partial charge on any atom is 0.309 e. The number of benzene rings is 1. The number of aryl methyl sites for hydroxylation is 1. The third kappa shape index (κ3) is 4.95. The highest BCUT2D eigenvalue weighted by molar-refractivity contribution is 14.0. The smallest absolute Gasteiger partial charge is 0.309 e. The molecule has 0 bridgehead atoms. The first-order valence-corrected chi connectivity index (χ1v) is 9.33. The van der Waals surface area contributed by atoms with Gasteiger partial charge in [0.15, 0.2) is 5.96 Å². The Balaban J connectivity index is 0.00000280. The van der Waals surface area contributed by atoms with Crippen molar-refractivity contribution in [3.8, 4) is 0 Å². The van der Waals surface area contributed by atoms with E-state index >= 15 is 0 Å². The predicted molar refractivity (Wildman–Crippen MR) is 117 cm³/mol. The van der Waals surface area contributed by atoms with Crippen molar-refractivity contribution < 1.29 is 18.3 Å². The molecular formula is C20H27FIN3O3. The standard InChI is InChI=1S/C20H26FN3O3.HI/c1-4-26-19(25)14-7-9-24(10-8-14)20(22-3)23-12-18-13(2)16-11-15(21)5-6-17(16)27-18;/h5-6,11,14H,4,7-10,12H2,1-3H3,(H,22,23);1H. The van der Waals surface area contributed by atoms with Crippen molar-refractivity contribution in [2.24, 2.45) is 10.9 Å². The molecule has 2 aromatic rings. The van der Waals surface area contributed by atoms with Gasteiger partial charge in [-0.05, 0) is 44.9 Å². The number of carbonyl (C=O) groups excluding carboxylic acids is 1. The van der Waals surface area contributed by atoms with Crippen LogP contribution in [0.5, 0.6) is 0 Å². The molecule has 0 amide bonds. The number of hydrogen-bond donors (Lipinski definition) is 1. The molecule has 1 fully saturated rings. The first kappa shape index (κ1) is 22.4. The number of nitrogens with one attached hydrogen (secondary N) is 1. The Morgan fingerprint density at radius 3 is 2.75 bits per heavy atom. The molecule has 0 unspecified atom stereocenters. The van der Waals surface area contributed by atoms with E-state index in [1.54, 1.807) is 13.1 Å². The normalized spacial score (nSPS) is 15.4. The molecule has 3 rings (SSSR count). The van der Waals surface area contributed by atoms with Gasteiger partial charge in [0.2, 0.25) is 0 Å². The lowest BCUT2D eigenvalue weighted by atomic mass is 9.97. The van der Waals surface area contributed by atoms with Crippen LogP contribution < -0.4 is 5.32 Å². The number of rotatable bonds is 4. The summed E-state index contributed by atoms with van der Waals surface area (Å²) in [6.07, 6.45) is 1.50. The average molecular weight is 503 g/mol. The van der Waals surface area contributed by atoms with Gasteiger partial charge in [0, 0.05) is 31.1 Å². The summed E-state index contributed by atoms with van der Waals surface area (Å²) in [6.45, 7) is 6.12. The molecule has 28 heavy (non-hydrogen) atoms. The first-order chi connectivity index (χ1) is 13.0. The summed E-state index contributed by atoms with van der Waals surface area (Å²) in [5, 5.41) is 4.10. The van der Waals surface area contributed by atoms with Gasteiger partial charge >= 0.3 is 5.97 Å². The highest BCUT2D eigenvalue weighted by Crippen LogP contribution is 2.26. The molecule has 6 nitrogen and oxygen atoms in total. The maximum atomic E-state index is 13.5. The van der Waals surface area contributed by atoms with Crippen LogP contribution in [0.1, 0.15) is 31.1 Å². The van der Waals surface area contributed by atoms with E-state index in [1.165, 1.54) is 12.1 Å². The first-order valence-electron chi connectivity index (χ1n) is 9.33. The highest BCUT2D eigenvalue weighted by Gasteiger charge is 2.27. The fourth-order valence-corrected chi connectivity index (χ4v) is 3.49. The molecule has 0 radical (unpaired) electrons. The summed E-state index contributed by atoms with van der Waals surface area (Å²) in [6, 6.07) is 4.54. The molecule has 2 heterocycles. The third-order valence-electron chi connectivity index (χ3n) is 5.03. The van der Waals surface area contributed by atoms with Crippen molar-refractivity contribution in [3.05, 3.63) is 35.3 Å². The van der Waals surface area contributed by atoms with E-state index in [2.05, 4.69) is 15.2 Å².